The second-order valence-electron chi connectivity index (χ2n) is 5.90. The summed E-state index contributed by atoms with van der Waals surface area (Å²) in [4.78, 5) is 33.6. The molecule has 2 heterocycles. The van der Waals surface area contributed by atoms with Gasteiger partial charge in [-0.15, -0.1) is 0 Å². The van der Waals surface area contributed by atoms with Crippen LogP contribution in [0.3, 0.4) is 0 Å². The maximum absolute atomic E-state index is 12.3. The molecule has 28 heavy (non-hydrogen) atoms. The number of nitrogens with zero attached hydrogens (tertiary/aromatic N) is 2. The number of amides is 1. The molecule has 8 heteroatoms. The van der Waals surface area contributed by atoms with Crippen LogP contribution in [-0.4, -0.2) is 27.4 Å². The summed E-state index contributed by atoms with van der Waals surface area (Å²) in [6.45, 7) is 1.49. The molecule has 0 aliphatic rings. The third kappa shape index (κ3) is 3.97. The highest BCUT2D eigenvalue weighted by atomic mass is 32.2. The Morgan fingerprint density at radius 3 is 2.57 bits per heavy atom. The number of benzene rings is 2. The van der Waals surface area contributed by atoms with Crippen LogP contribution in [0.2, 0.25) is 0 Å². The molecule has 0 spiro atoms. The Hall–Kier alpha value is -2.97. The number of aromatic nitrogens is 2. The first kappa shape index (κ1) is 18.4. The van der Waals surface area contributed by atoms with Gasteiger partial charge < -0.3 is 9.73 Å². The average Bonchev–Trinajstić information content (AvgIpc) is 3.31. The number of thioether (sulfide) groups is 1. The van der Waals surface area contributed by atoms with E-state index < -0.39 is 0 Å². The minimum absolute atomic E-state index is 0.0855. The standard InChI is InChI=1S/C20H15N3O3S2/c1-12(24)18-17(13-7-3-2-4-8-13)23-19(28-18)22-16(25)11-27-20-21-14-9-5-6-10-15(14)26-20/h2-10H,11H2,1H3,(H,22,23,25). The van der Waals surface area contributed by atoms with Crippen molar-refractivity contribution < 1.29 is 14.0 Å². The van der Waals surface area contributed by atoms with Crippen molar-refractivity contribution in [3.05, 3.63) is 59.5 Å². The molecule has 6 nitrogen and oxygen atoms in total. The predicted molar refractivity (Wildman–Crippen MR) is 111 cm³/mol. The fraction of sp³-hybridized carbons (Fsp3) is 0.100. The van der Waals surface area contributed by atoms with Crippen LogP contribution >= 0.6 is 23.1 Å². The largest absolute Gasteiger partial charge is 0.431 e. The van der Waals surface area contributed by atoms with Crippen molar-refractivity contribution in [2.45, 2.75) is 12.1 Å². The number of ketones is 1. The molecule has 0 radical (unpaired) electrons. The quantitative estimate of drug-likeness (QED) is 0.361. The first-order valence-corrected chi connectivity index (χ1v) is 10.3. The summed E-state index contributed by atoms with van der Waals surface area (Å²) in [5, 5.41) is 3.59. The number of Topliss-reactive ketones (excluding diaryl/α,β-unsaturated/α-hetero) is 1. The van der Waals surface area contributed by atoms with E-state index in [4.69, 9.17) is 4.42 Å². The fourth-order valence-corrected chi connectivity index (χ4v) is 4.14. The topological polar surface area (TPSA) is 85.1 Å². The normalized spacial score (nSPS) is 10.9. The Morgan fingerprint density at radius 1 is 1.07 bits per heavy atom. The van der Waals surface area contributed by atoms with Crippen molar-refractivity contribution in [3.63, 3.8) is 0 Å². The van der Waals surface area contributed by atoms with Crippen LogP contribution in [-0.2, 0) is 4.79 Å². The molecule has 0 fully saturated rings. The molecule has 1 amide bonds. The summed E-state index contributed by atoms with van der Waals surface area (Å²) in [6.07, 6.45) is 0. The summed E-state index contributed by atoms with van der Waals surface area (Å²) >= 11 is 2.38. The number of para-hydroxylation sites is 2. The molecule has 140 valence electrons. The Kier molecular flexibility index (Phi) is 5.23. The number of fused-ring (bicyclic) bond motifs is 1. The predicted octanol–water partition coefficient (Wildman–Crippen LogP) is 4.88. The maximum Gasteiger partial charge on any atom is 0.257 e. The molecule has 2 aromatic heterocycles. The third-order valence-corrected chi connectivity index (χ3v) is 5.74. The molecule has 0 atom stereocenters. The van der Waals surface area contributed by atoms with Crippen molar-refractivity contribution in [1.29, 1.82) is 0 Å². The monoisotopic (exact) mass is 409 g/mol. The molecule has 4 rings (SSSR count). The fourth-order valence-electron chi connectivity index (χ4n) is 2.60. The summed E-state index contributed by atoms with van der Waals surface area (Å²) in [7, 11) is 0. The number of hydrogen-bond donors (Lipinski definition) is 1. The van der Waals surface area contributed by atoms with E-state index in [1.807, 2.05) is 54.6 Å². The minimum atomic E-state index is -0.240. The Morgan fingerprint density at radius 2 is 1.82 bits per heavy atom. The first-order valence-electron chi connectivity index (χ1n) is 8.45. The first-order chi connectivity index (χ1) is 13.6. The van der Waals surface area contributed by atoms with Gasteiger partial charge in [0.25, 0.3) is 5.22 Å². The van der Waals surface area contributed by atoms with Crippen molar-refractivity contribution in [3.8, 4) is 11.3 Å². The van der Waals surface area contributed by atoms with Crippen LogP contribution in [0.25, 0.3) is 22.4 Å². The van der Waals surface area contributed by atoms with Crippen molar-refractivity contribution in [2.24, 2.45) is 0 Å². The van der Waals surface area contributed by atoms with Crippen molar-refractivity contribution >= 4 is 51.0 Å². The molecule has 0 aliphatic carbocycles. The van der Waals surface area contributed by atoms with Gasteiger partial charge in [0, 0.05) is 12.5 Å². The second-order valence-corrected chi connectivity index (χ2v) is 7.83. The lowest BCUT2D eigenvalue weighted by molar-refractivity contribution is -0.113. The van der Waals surface area contributed by atoms with Gasteiger partial charge in [-0.1, -0.05) is 65.6 Å². The number of anilines is 1. The van der Waals surface area contributed by atoms with Gasteiger partial charge in [0.1, 0.15) is 5.52 Å². The number of nitrogens with one attached hydrogen (secondary N) is 1. The van der Waals surface area contributed by atoms with E-state index in [1.54, 1.807) is 0 Å². The lowest BCUT2D eigenvalue weighted by atomic mass is 10.1. The molecule has 2 aromatic carbocycles. The SMILES string of the molecule is CC(=O)c1sc(NC(=O)CSc2nc3ccccc3o2)nc1-c1ccccc1. The summed E-state index contributed by atoms with van der Waals surface area (Å²) in [5.74, 6) is -0.198. The lowest BCUT2D eigenvalue weighted by Crippen LogP contribution is -2.13. The highest BCUT2D eigenvalue weighted by Gasteiger charge is 2.18. The van der Waals surface area contributed by atoms with E-state index in [9.17, 15) is 9.59 Å². The van der Waals surface area contributed by atoms with Crippen LogP contribution in [0.5, 0.6) is 0 Å². The van der Waals surface area contributed by atoms with Crippen molar-refractivity contribution in [1.82, 2.24) is 9.97 Å². The van der Waals surface area contributed by atoms with Gasteiger partial charge in [0.05, 0.1) is 16.3 Å². The van der Waals surface area contributed by atoms with E-state index in [1.165, 1.54) is 30.0 Å². The Balaban J connectivity index is 1.46. The summed E-state index contributed by atoms with van der Waals surface area (Å²) in [6, 6.07) is 16.9. The molecular weight excluding hydrogens is 394 g/mol. The highest BCUT2D eigenvalue weighted by Crippen LogP contribution is 2.31. The van der Waals surface area contributed by atoms with Crippen molar-refractivity contribution in [2.75, 3.05) is 11.1 Å². The highest BCUT2D eigenvalue weighted by molar-refractivity contribution is 7.99. The van der Waals surface area contributed by atoms with E-state index in [0.29, 0.717) is 26.5 Å². The molecule has 1 N–H and O–H groups in total. The van der Waals surface area contributed by atoms with E-state index >= 15 is 0 Å². The van der Waals surface area contributed by atoms with E-state index in [0.717, 1.165) is 11.1 Å². The molecular formula is C20H15N3O3S2. The molecule has 4 aromatic rings. The zero-order chi connectivity index (χ0) is 19.5. The summed E-state index contributed by atoms with van der Waals surface area (Å²) < 4.78 is 5.60. The van der Waals surface area contributed by atoms with Crippen LogP contribution in [0.15, 0.2) is 64.2 Å². The Bertz CT molecular complexity index is 1120. The van der Waals surface area contributed by atoms with Gasteiger partial charge in [0.15, 0.2) is 16.5 Å². The van der Waals surface area contributed by atoms with Gasteiger partial charge in [-0.2, -0.15) is 0 Å². The van der Waals surface area contributed by atoms with E-state index in [2.05, 4.69) is 15.3 Å². The number of rotatable bonds is 6. The smallest absolute Gasteiger partial charge is 0.257 e. The van der Waals surface area contributed by atoms with Crippen LogP contribution < -0.4 is 5.32 Å². The molecule has 0 bridgehead atoms. The zero-order valence-electron chi connectivity index (χ0n) is 14.8. The van der Waals surface area contributed by atoms with E-state index in [-0.39, 0.29) is 17.4 Å². The number of carbonyl (C=O) groups excluding carboxylic acids is 2. The maximum atomic E-state index is 12.3. The van der Waals surface area contributed by atoms with Crippen LogP contribution in [0.4, 0.5) is 5.13 Å². The van der Waals surface area contributed by atoms with Crippen LogP contribution in [0.1, 0.15) is 16.6 Å². The zero-order valence-corrected chi connectivity index (χ0v) is 16.5. The molecule has 0 aliphatic heterocycles. The molecule has 0 saturated carbocycles. The lowest BCUT2D eigenvalue weighted by Gasteiger charge is -1.99. The number of thiazole rings is 1. The number of oxazole rings is 1. The number of carbonyl (C=O) groups is 2. The van der Waals surface area contributed by atoms with Gasteiger partial charge >= 0.3 is 0 Å². The minimum Gasteiger partial charge on any atom is -0.431 e. The van der Waals surface area contributed by atoms with Gasteiger partial charge in [-0.05, 0) is 12.1 Å². The number of hydrogen-bond acceptors (Lipinski definition) is 7. The van der Waals surface area contributed by atoms with Crippen LogP contribution in [0, 0.1) is 0 Å². The molecule has 0 unspecified atom stereocenters. The van der Waals surface area contributed by atoms with Gasteiger partial charge in [-0.25, -0.2) is 9.97 Å². The summed E-state index contributed by atoms with van der Waals surface area (Å²) in [5.41, 5.74) is 2.86. The Labute approximate surface area is 169 Å². The average molecular weight is 409 g/mol. The van der Waals surface area contributed by atoms with Gasteiger partial charge in [-0.3, -0.25) is 9.59 Å². The third-order valence-electron chi connectivity index (χ3n) is 3.84. The second kappa shape index (κ2) is 7.95. The molecule has 0 saturated heterocycles. The van der Waals surface area contributed by atoms with Gasteiger partial charge in [0.2, 0.25) is 5.91 Å².